The number of hydrogen-bond donors (Lipinski definition) is 0. The van der Waals surface area contributed by atoms with Gasteiger partial charge in [-0.1, -0.05) is 0 Å². The van der Waals surface area contributed by atoms with E-state index in [1.807, 2.05) is 0 Å². The zero-order valence-electron chi connectivity index (χ0n) is 9.61. The monoisotopic (exact) mass is 218 g/mol. The molecule has 0 amide bonds. The van der Waals surface area contributed by atoms with Gasteiger partial charge in [-0.15, -0.1) is 0 Å². The second kappa shape index (κ2) is 7.36. The lowest BCUT2D eigenvalue weighted by molar-refractivity contribution is -0.162. The summed E-state index contributed by atoms with van der Waals surface area (Å²) in [5.41, 5.74) is 0. The molecule has 0 aromatic carbocycles. The summed E-state index contributed by atoms with van der Waals surface area (Å²) in [6.07, 6.45) is -0.344. The molecule has 0 saturated heterocycles. The van der Waals surface area contributed by atoms with Gasteiger partial charge in [0, 0.05) is 14.2 Å². The first-order valence-electron chi connectivity index (χ1n) is 4.78. The van der Waals surface area contributed by atoms with E-state index in [1.165, 1.54) is 14.2 Å². The molecule has 5 heteroatoms. The molecule has 5 nitrogen and oxygen atoms in total. The van der Waals surface area contributed by atoms with Crippen molar-refractivity contribution in [1.82, 2.24) is 0 Å². The van der Waals surface area contributed by atoms with Crippen molar-refractivity contribution in [3.05, 3.63) is 0 Å². The number of carbonyl (C=O) groups is 2. The third kappa shape index (κ3) is 7.04. The maximum atomic E-state index is 11.1. The predicted molar refractivity (Wildman–Crippen MR) is 53.3 cm³/mol. The Morgan fingerprint density at radius 2 is 1.27 bits per heavy atom. The quantitative estimate of drug-likeness (QED) is 0.489. The van der Waals surface area contributed by atoms with Crippen LogP contribution in [0.4, 0.5) is 0 Å². The van der Waals surface area contributed by atoms with Crippen LogP contribution in [0.5, 0.6) is 0 Å². The standard InChI is InChI=1S/C10H18O5/c1-7(13-3)5-9(11)15-10(12)6-8(2)14-4/h7-8H,5-6H2,1-4H3. The number of rotatable bonds is 6. The van der Waals surface area contributed by atoms with Crippen molar-refractivity contribution in [3.63, 3.8) is 0 Å². The SMILES string of the molecule is COC(C)CC(=O)OC(=O)CC(C)OC. The molecule has 88 valence electrons. The summed E-state index contributed by atoms with van der Waals surface area (Å²) in [6, 6.07) is 0. The molecule has 15 heavy (non-hydrogen) atoms. The van der Waals surface area contributed by atoms with E-state index in [9.17, 15) is 9.59 Å². The summed E-state index contributed by atoms with van der Waals surface area (Å²) in [7, 11) is 2.99. The second-order valence-corrected chi connectivity index (χ2v) is 3.35. The lowest BCUT2D eigenvalue weighted by Crippen LogP contribution is -2.21. The van der Waals surface area contributed by atoms with Crippen LogP contribution in [-0.2, 0) is 23.8 Å². The number of hydrogen-bond acceptors (Lipinski definition) is 5. The Kier molecular flexibility index (Phi) is 6.90. The molecule has 0 bridgehead atoms. The molecule has 0 N–H and O–H groups in total. The van der Waals surface area contributed by atoms with Crippen LogP contribution in [-0.4, -0.2) is 38.4 Å². The minimum atomic E-state index is -0.572. The topological polar surface area (TPSA) is 61.8 Å². The van der Waals surface area contributed by atoms with Crippen molar-refractivity contribution in [1.29, 1.82) is 0 Å². The van der Waals surface area contributed by atoms with E-state index in [2.05, 4.69) is 4.74 Å². The normalized spacial score (nSPS) is 14.4. The van der Waals surface area contributed by atoms with E-state index in [0.29, 0.717) is 0 Å². The Morgan fingerprint density at radius 3 is 1.53 bits per heavy atom. The summed E-state index contributed by atoms with van der Waals surface area (Å²) in [5.74, 6) is -1.14. The van der Waals surface area contributed by atoms with Crippen molar-refractivity contribution in [2.45, 2.75) is 38.9 Å². The van der Waals surface area contributed by atoms with E-state index in [0.717, 1.165) is 0 Å². The van der Waals surface area contributed by atoms with E-state index in [1.54, 1.807) is 13.8 Å². The minimum Gasteiger partial charge on any atom is -0.393 e. The number of methoxy groups -OCH3 is 2. The molecule has 0 aliphatic carbocycles. The zero-order chi connectivity index (χ0) is 11.8. The third-order valence-electron chi connectivity index (χ3n) is 1.94. The van der Waals surface area contributed by atoms with Gasteiger partial charge in [0.15, 0.2) is 0 Å². The molecule has 0 aromatic rings. The molecular formula is C10H18O5. The summed E-state index contributed by atoms with van der Waals surface area (Å²) >= 11 is 0. The molecule has 0 fully saturated rings. The van der Waals surface area contributed by atoms with Crippen LogP contribution in [0.3, 0.4) is 0 Å². The van der Waals surface area contributed by atoms with Gasteiger partial charge in [-0.2, -0.15) is 0 Å². The Labute approximate surface area is 89.7 Å². The lowest BCUT2D eigenvalue weighted by Gasteiger charge is -2.10. The van der Waals surface area contributed by atoms with Gasteiger partial charge >= 0.3 is 11.9 Å². The Bertz CT molecular complexity index is 192. The van der Waals surface area contributed by atoms with Crippen molar-refractivity contribution >= 4 is 11.9 Å². The van der Waals surface area contributed by atoms with E-state index in [4.69, 9.17) is 9.47 Å². The van der Waals surface area contributed by atoms with Crippen molar-refractivity contribution in [3.8, 4) is 0 Å². The van der Waals surface area contributed by atoms with E-state index in [-0.39, 0.29) is 25.0 Å². The molecule has 0 rings (SSSR count). The summed E-state index contributed by atoms with van der Waals surface area (Å²) in [5, 5.41) is 0. The van der Waals surface area contributed by atoms with Crippen LogP contribution < -0.4 is 0 Å². The minimum absolute atomic E-state index is 0.0730. The van der Waals surface area contributed by atoms with Gasteiger partial charge < -0.3 is 14.2 Å². The Balaban J connectivity index is 3.81. The van der Waals surface area contributed by atoms with Gasteiger partial charge in [-0.3, -0.25) is 9.59 Å². The number of ether oxygens (including phenoxy) is 3. The third-order valence-corrected chi connectivity index (χ3v) is 1.94. The molecular weight excluding hydrogens is 200 g/mol. The van der Waals surface area contributed by atoms with Crippen LogP contribution in [0.15, 0.2) is 0 Å². The fraction of sp³-hybridized carbons (Fsp3) is 0.800. The van der Waals surface area contributed by atoms with Gasteiger partial charge in [-0.25, -0.2) is 0 Å². The highest BCUT2D eigenvalue weighted by Gasteiger charge is 2.16. The predicted octanol–water partition coefficient (Wildman–Crippen LogP) is 0.906. The lowest BCUT2D eigenvalue weighted by atomic mass is 10.3. The number of carbonyl (C=O) groups excluding carboxylic acids is 2. The van der Waals surface area contributed by atoms with Crippen LogP contribution in [0, 0.1) is 0 Å². The fourth-order valence-electron chi connectivity index (χ4n) is 0.846. The van der Waals surface area contributed by atoms with Gasteiger partial charge in [0.2, 0.25) is 0 Å². The number of esters is 2. The summed E-state index contributed by atoms with van der Waals surface area (Å²) < 4.78 is 14.3. The second-order valence-electron chi connectivity index (χ2n) is 3.35. The molecule has 0 saturated carbocycles. The van der Waals surface area contributed by atoms with Gasteiger partial charge in [0.25, 0.3) is 0 Å². The van der Waals surface area contributed by atoms with E-state index < -0.39 is 11.9 Å². The molecule has 0 spiro atoms. The highest BCUT2D eigenvalue weighted by Crippen LogP contribution is 2.02. The average molecular weight is 218 g/mol. The zero-order valence-corrected chi connectivity index (χ0v) is 9.61. The fourth-order valence-corrected chi connectivity index (χ4v) is 0.846. The largest absolute Gasteiger partial charge is 0.393 e. The van der Waals surface area contributed by atoms with Crippen LogP contribution in [0.1, 0.15) is 26.7 Å². The highest BCUT2D eigenvalue weighted by atomic mass is 16.6. The molecule has 0 heterocycles. The van der Waals surface area contributed by atoms with Gasteiger partial charge in [-0.05, 0) is 13.8 Å². The first-order valence-corrected chi connectivity index (χ1v) is 4.78. The molecule has 0 aromatic heterocycles. The molecule has 0 radical (unpaired) electrons. The van der Waals surface area contributed by atoms with Crippen LogP contribution >= 0.6 is 0 Å². The highest BCUT2D eigenvalue weighted by molar-refractivity contribution is 5.85. The summed E-state index contributed by atoms with van der Waals surface area (Å²) in [4.78, 5) is 22.3. The average Bonchev–Trinajstić information content (AvgIpc) is 2.16. The Hall–Kier alpha value is -0.940. The smallest absolute Gasteiger partial charge is 0.316 e. The van der Waals surface area contributed by atoms with E-state index >= 15 is 0 Å². The van der Waals surface area contributed by atoms with Crippen molar-refractivity contribution in [2.75, 3.05) is 14.2 Å². The molecule has 0 aliphatic rings. The van der Waals surface area contributed by atoms with Crippen molar-refractivity contribution in [2.24, 2.45) is 0 Å². The molecule has 0 aliphatic heterocycles. The maximum Gasteiger partial charge on any atom is 0.316 e. The molecule has 2 unspecified atom stereocenters. The van der Waals surface area contributed by atoms with Crippen LogP contribution in [0.25, 0.3) is 0 Å². The van der Waals surface area contributed by atoms with Crippen molar-refractivity contribution < 1.29 is 23.8 Å². The Morgan fingerprint density at radius 1 is 0.933 bits per heavy atom. The van der Waals surface area contributed by atoms with Gasteiger partial charge in [0.05, 0.1) is 25.0 Å². The van der Waals surface area contributed by atoms with Crippen LogP contribution in [0.2, 0.25) is 0 Å². The summed E-state index contributed by atoms with van der Waals surface area (Å²) in [6.45, 7) is 3.45. The first kappa shape index (κ1) is 14.1. The maximum absolute atomic E-state index is 11.1. The van der Waals surface area contributed by atoms with Gasteiger partial charge in [0.1, 0.15) is 0 Å². The molecule has 2 atom stereocenters. The first-order chi connectivity index (χ1) is 6.99.